The van der Waals surface area contributed by atoms with Crippen molar-refractivity contribution in [2.75, 3.05) is 12.4 Å². The highest BCUT2D eigenvalue weighted by atomic mass is 19.4. The van der Waals surface area contributed by atoms with Crippen molar-refractivity contribution in [1.82, 2.24) is 9.55 Å². The van der Waals surface area contributed by atoms with Crippen LogP contribution in [0.5, 0.6) is 5.75 Å². The molecule has 4 aromatic rings. The molecule has 6 nitrogen and oxygen atoms in total. The quantitative estimate of drug-likeness (QED) is 0.252. The van der Waals surface area contributed by atoms with Crippen LogP contribution in [0.3, 0.4) is 0 Å². The van der Waals surface area contributed by atoms with Crippen molar-refractivity contribution in [3.05, 3.63) is 72.3 Å². The molecule has 0 radical (unpaired) electrons. The third-order valence-electron chi connectivity index (χ3n) is 7.17. The summed E-state index contributed by atoms with van der Waals surface area (Å²) < 4.78 is 48.9. The van der Waals surface area contributed by atoms with E-state index in [2.05, 4.69) is 28.5 Å². The van der Waals surface area contributed by atoms with Gasteiger partial charge in [0.15, 0.2) is 0 Å². The molecule has 0 aliphatic heterocycles. The number of carbonyl (C=O) groups is 1. The van der Waals surface area contributed by atoms with Gasteiger partial charge in [-0.25, -0.2) is 9.78 Å². The SMILES string of the molecule is COC(=O)c1cccc(-c2ccc3c(c2)nc(Nc2ccc(OC(F)(F)F)cc2)n3C2CC(C)CC(C)C2)c1. The number of fused-ring (bicyclic) bond motifs is 1. The van der Waals surface area contributed by atoms with Gasteiger partial charge in [-0.3, -0.25) is 0 Å². The molecular weight excluding hydrogens is 507 g/mol. The predicted octanol–water partition coefficient (Wildman–Crippen LogP) is 8.13. The summed E-state index contributed by atoms with van der Waals surface area (Å²) in [5, 5.41) is 3.32. The lowest BCUT2D eigenvalue weighted by Gasteiger charge is -2.33. The molecule has 2 unspecified atom stereocenters. The molecule has 0 spiro atoms. The first kappa shape index (κ1) is 26.6. The van der Waals surface area contributed by atoms with Gasteiger partial charge in [0.25, 0.3) is 0 Å². The van der Waals surface area contributed by atoms with Crippen LogP contribution in [0.25, 0.3) is 22.2 Å². The lowest BCUT2D eigenvalue weighted by atomic mass is 9.80. The van der Waals surface area contributed by atoms with Gasteiger partial charge in [-0.05, 0) is 90.8 Å². The zero-order valence-electron chi connectivity index (χ0n) is 22.0. The monoisotopic (exact) mass is 537 g/mol. The molecule has 1 fully saturated rings. The Hall–Kier alpha value is -4.01. The van der Waals surface area contributed by atoms with Crippen molar-refractivity contribution < 1.29 is 27.4 Å². The zero-order chi connectivity index (χ0) is 27.7. The first-order chi connectivity index (χ1) is 18.6. The van der Waals surface area contributed by atoms with Gasteiger partial charge in [0.2, 0.25) is 5.95 Å². The fraction of sp³-hybridized carbons (Fsp3) is 0.333. The smallest absolute Gasteiger partial charge is 0.465 e. The molecule has 9 heteroatoms. The number of ether oxygens (including phenoxy) is 2. The van der Waals surface area contributed by atoms with E-state index in [0.717, 1.165) is 35.0 Å². The van der Waals surface area contributed by atoms with E-state index in [1.165, 1.54) is 25.7 Å². The van der Waals surface area contributed by atoms with E-state index in [4.69, 9.17) is 9.72 Å². The van der Waals surface area contributed by atoms with Crippen LogP contribution in [0.4, 0.5) is 24.8 Å². The Labute approximate surface area is 224 Å². The molecule has 0 amide bonds. The normalized spacial score (nSPS) is 19.6. The van der Waals surface area contributed by atoms with E-state index in [-0.39, 0.29) is 11.8 Å². The molecule has 3 aromatic carbocycles. The molecule has 1 N–H and O–H groups in total. The van der Waals surface area contributed by atoms with Crippen LogP contribution in [-0.2, 0) is 4.74 Å². The van der Waals surface area contributed by atoms with Gasteiger partial charge in [-0.2, -0.15) is 0 Å². The highest BCUT2D eigenvalue weighted by Crippen LogP contribution is 2.40. The van der Waals surface area contributed by atoms with Crippen molar-refractivity contribution in [2.45, 2.75) is 45.5 Å². The standard InChI is InChI=1S/C30H30F3N3O3/c1-18-13-19(2)15-24(14-18)36-27-12-7-21(20-5-4-6-22(16-20)28(37)38-3)17-26(27)35-29(36)34-23-8-10-25(11-9-23)39-30(31,32)33/h4-12,16-19,24H,13-15H2,1-3H3,(H,34,35). The number of esters is 1. The summed E-state index contributed by atoms with van der Waals surface area (Å²) in [6.45, 7) is 4.53. The summed E-state index contributed by atoms with van der Waals surface area (Å²) in [7, 11) is 1.35. The minimum absolute atomic E-state index is 0.220. The van der Waals surface area contributed by atoms with E-state index in [1.54, 1.807) is 24.3 Å². The maximum atomic E-state index is 12.6. The molecule has 1 saturated carbocycles. The van der Waals surface area contributed by atoms with Crippen LogP contribution in [0.2, 0.25) is 0 Å². The number of halogens is 3. The maximum Gasteiger partial charge on any atom is 0.573 e. The zero-order valence-corrected chi connectivity index (χ0v) is 22.0. The first-order valence-electron chi connectivity index (χ1n) is 12.9. The van der Waals surface area contributed by atoms with Crippen LogP contribution in [-0.4, -0.2) is 29.0 Å². The summed E-state index contributed by atoms with van der Waals surface area (Å²) in [6, 6.07) is 19.1. The van der Waals surface area contributed by atoms with Crippen molar-refractivity contribution in [2.24, 2.45) is 11.8 Å². The number of hydrogen-bond donors (Lipinski definition) is 1. The van der Waals surface area contributed by atoms with Crippen molar-refractivity contribution >= 4 is 28.6 Å². The molecule has 0 saturated heterocycles. The summed E-state index contributed by atoms with van der Waals surface area (Å²) in [5.41, 5.74) is 4.58. The number of benzene rings is 3. The predicted molar refractivity (Wildman–Crippen MR) is 144 cm³/mol. The number of nitrogens with one attached hydrogen (secondary N) is 1. The minimum atomic E-state index is -4.74. The Morgan fingerprint density at radius 3 is 2.31 bits per heavy atom. The van der Waals surface area contributed by atoms with Gasteiger partial charge < -0.3 is 19.4 Å². The summed E-state index contributed by atoms with van der Waals surface area (Å²) in [6.07, 6.45) is -1.56. The maximum absolute atomic E-state index is 12.6. The summed E-state index contributed by atoms with van der Waals surface area (Å²) in [5.74, 6) is 1.06. The van der Waals surface area contributed by atoms with E-state index in [0.29, 0.717) is 29.0 Å². The second-order valence-corrected chi connectivity index (χ2v) is 10.3. The molecule has 5 rings (SSSR count). The molecule has 2 atom stereocenters. The highest BCUT2D eigenvalue weighted by Gasteiger charge is 2.31. The van der Waals surface area contributed by atoms with E-state index < -0.39 is 12.3 Å². The average Bonchev–Trinajstić information content (AvgIpc) is 3.25. The molecule has 1 heterocycles. The number of alkyl halides is 3. The molecular formula is C30H30F3N3O3. The Kier molecular flexibility index (Phi) is 7.25. The highest BCUT2D eigenvalue weighted by molar-refractivity contribution is 5.92. The van der Waals surface area contributed by atoms with E-state index in [1.807, 2.05) is 30.3 Å². The van der Waals surface area contributed by atoms with Gasteiger partial charge in [-0.1, -0.05) is 32.0 Å². The van der Waals surface area contributed by atoms with Crippen LogP contribution in [0.15, 0.2) is 66.7 Å². The van der Waals surface area contributed by atoms with Gasteiger partial charge in [0, 0.05) is 11.7 Å². The fourth-order valence-electron chi connectivity index (χ4n) is 5.66. The van der Waals surface area contributed by atoms with Crippen molar-refractivity contribution in [3.63, 3.8) is 0 Å². The van der Waals surface area contributed by atoms with Crippen LogP contribution in [0.1, 0.15) is 49.5 Å². The van der Waals surface area contributed by atoms with Gasteiger partial charge in [0.05, 0.1) is 23.7 Å². The second-order valence-electron chi connectivity index (χ2n) is 10.3. The number of carbonyl (C=O) groups excluding carboxylic acids is 1. The lowest BCUT2D eigenvalue weighted by molar-refractivity contribution is -0.274. The average molecular weight is 538 g/mol. The molecule has 1 aromatic heterocycles. The number of nitrogens with zero attached hydrogens (tertiary/aromatic N) is 2. The largest absolute Gasteiger partial charge is 0.573 e. The minimum Gasteiger partial charge on any atom is -0.465 e. The fourth-order valence-corrected chi connectivity index (χ4v) is 5.66. The van der Waals surface area contributed by atoms with Gasteiger partial charge >= 0.3 is 12.3 Å². The third kappa shape index (κ3) is 6.02. The van der Waals surface area contributed by atoms with Crippen LogP contribution < -0.4 is 10.1 Å². The summed E-state index contributed by atoms with van der Waals surface area (Å²) >= 11 is 0. The second kappa shape index (κ2) is 10.6. The third-order valence-corrected chi connectivity index (χ3v) is 7.17. The van der Waals surface area contributed by atoms with Crippen molar-refractivity contribution in [3.8, 4) is 16.9 Å². The van der Waals surface area contributed by atoms with Crippen LogP contribution >= 0.6 is 0 Å². The summed E-state index contributed by atoms with van der Waals surface area (Å²) in [4.78, 5) is 17.0. The van der Waals surface area contributed by atoms with Gasteiger partial charge in [0.1, 0.15) is 5.75 Å². The van der Waals surface area contributed by atoms with Gasteiger partial charge in [-0.15, -0.1) is 13.2 Å². The van der Waals surface area contributed by atoms with E-state index >= 15 is 0 Å². The number of imidazole rings is 1. The Morgan fingerprint density at radius 1 is 0.949 bits per heavy atom. The molecule has 1 aliphatic rings. The number of anilines is 2. The molecule has 39 heavy (non-hydrogen) atoms. The molecule has 0 bridgehead atoms. The van der Waals surface area contributed by atoms with Crippen molar-refractivity contribution in [1.29, 1.82) is 0 Å². The Balaban J connectivity index is 1.53. The number of aromatic nitrogens is 2. The number of rotatable bonds is 6. The molecule has 204 valence electrons. The Morgan fingerprint density at radius 2 is 1.64 bits per heavy atom. The number of hydrogen-bond acceptors (Lipinski definition) is 5. The van der Waals surface area contributed by atoms with Crippen LogP contribution in [0, 0.1) is 11.8 Å². The molecule has 1 aliphatic carbocycles. The Bertz CT molecular complexity index is 1470. The lowest BCUT2D eigenvalue weighted by Crippen LogP contribution is -2.23. The van der Waals surface area contributed by atoms with E-state index in [9.17, 15) is 18.0 Å². The first-order valence-corrected chi connectivity index (χ1v) is 12.9. The number of methoxy groups -OCH3 is 1. The topological polar surface area (TPSA) is 65.4 Å².